The highest BCUT2D eigenvalue weighted by molar-refractivity contribution is 5.93. The second-order valence-electron chi connectivity index (χ2n) is 4.19. The van der Waals surface area contributed by atoms with Gasteiger partial charge in [-0.15, -0.1) is 0 Å². The lowest BCUT2D eigenvalue weighted by atomic mass is 9.96. The summed E-state index contributed by atoms with van der Waals surface area (Å²) in [6.07, 6.45) is 1.63. The van der Waals surface area contributed by atoms with E-state index in [2.05, 4.69) is 15.3 Å². The normalized spacial score (nSPS) is 11.1. The van der Waals surface area contributed by atoms with Crippen LogP contribution >= 0.6 is 0 Å². The Morgan fingerprint density at radius 2 is 2.07 bits per heavy atom. The van der Waals surface area contributed by atoms with E-state index in [1.165, 1.54) is 0 Å². The SMILES string of the molecule is Cc1nccc(NC(=O)C(C)(C)C)n1. The molecule has 0 aliphatic carbocycles. The molecule has 0 saturated heterocycles. The van der Waals surface area contributed by atoms with E-state index in [0.29, 0.717) is 11.6 Å². The molecule has 0 radical (unpaired) electrons. The highest BCUT2D eigenvalue weighted by Gasteiger charge is 2.21. The van der Waals surface area contributed by atoms with Gasteiger partial charge >= 0.3 is 0 Å². The van der Waals surface area contributed by atoms with Gasteiger partial charge in [0.2, 0.25) is 5.91 Å². The number of nitrogens with zero attached hydrogens (tertiary/aromatic N) is 2. The fraction of sp³-hybridized carbons (Fsp3) is 0.500. The molecule has 14 heavy (non-hydrogen) atoms. The van der Waals surface area contributed by atoms with Crippen LogP contribution in [0.2, 0.25) is 0 Å². The van der Waals surface area contributed by atoms with E-state index >= 15 is 0 Å². The van der Waals surface area contributed by atoms with E-state index < -0.39 is 5.41 Å². The van der Waals surface area contributed by atoms with Gasteiger partial charge < -0.3 is 5.32 Å². The minimum Gasteiger partial charge on any atom is -0.310 e. The molecule has 0 spiro atoms. The zero-order valence-electron chi connectivity index (χ0n) is 8.96. The summed E-state index contributed by atoms with van der Waals surface area (Å²) in [4.78, 5) is 19.6. The third kappa shape index (κ3) is 2.80. The average Bonchev–Trinajstić information content (AvgIpc) is 2.02. The fourth-order valence-electron chi connectivity index (χ4n) is 0.830. The van der Waals surface area contributed by atoms with E-state index in [-0.39, 0.29) is 5.91 Å². The van der Waals surface area contributed by atoms with Crippen molar-refractivity contribution in [2.24, 2.45) is 5.41 Å². The standard InChI is InChI=1S/C10H15N3O/c1-7-11-6-5-8(12-7)13-9(14)10(2,3)4/h5-6H,1-4H3,(H,11,12,13,14). The Morgan fingerprint density at radius 1 is 1.43 bits per heavy atom. The number of amides is 1. The Morgan fingerprint density at radius 3 is 2.57 bits per heavy atom. The van der Waals surface area contributed by atoms with E-state index in [1.54, 1.807) is 19.2 Å². The lowest BCUT2D eigenvalue weighted by Crippen LogP contribution is -2.28. The summed E-state index contributed by atoms with van der Waals surface area (Å²) in [5.74, 6) is 1.16. The molecule has 1 aromatic rings. The van der Waals surface area contributed by atoms with E-state index in [9.17, 15) is 4.79 Å². The zero-order valence-corrected chi connectivity index (χ0v) is 8.96. The number of hydrogen-bond donors (Lipinski definition) is 1. The van der Waals surface area contributed by atoms with E-state index in [0.717, 1.165) is 0 Å². The van der Waals surface area contributed by atoms with Crippen LogP contribution in [-0.2, 0) is 4.79 Å². The highest BCUT2D eigenvalue weighted by Crippen LogP contribution is 2.15. The molecular formula is C10H15N3O. The molecule has 0 bridgehead atoms. The van der Waals surface area contributed by atoms with Crippen LogP contribution < -0.4 is 5.32 Å². The van der Waals surface area contributed by atoms with Crippen LogP contribution in [0.5, 0.6) is 0 Å². The van der Waals surface area contributed by atoms with Crippen molar-refractivity contribution < 1.29 is 4.79 Å². The molecule has 0 aromatic carbocycles. The molecule has 4 heteroatoms. The summed E-state index contributed by atoms with van der Waals surface area (Å²) < 4.78 is 0. The number of aryl methyl sites for hydroxylation is 1. The molecule has 0 aliphatic heterocycles. The largest absolute Gasteiger partial charge is 0.310 e. The first-order chi connectivity index (χ1) is 6.39. The molecule has 0 unspecified atom stereocenters. The minimum absolute atomic E-state index is 0.0457. The number of carbonyl (C=O) groups excluding carboxylic acids is 1. The summed E-state index contributed by atoms with van der Waals surface area (Å²) in [6.45, 7) is 7.36. The van der Waals surface area contributed by atoms with Gasteiger partial charge in [-0.3, -0.25) is 4.79 Å². The van der Waals surface area contributed by atoms with Crippen LogP contribution in [0.4, 0.5) is 5.82 Å². The Labute approximate surface area is 83.8 Å². The number of carbonyl (C=O) groups is 1. The first kappa shape index (κ1) is 10.6. The second-order valence-corrected chi connectivity index (χ2v) is 4.19. The van der Waals surface area contributed by atoms with Crippen LogP contribution in [0.25, 0.3) is 0 Å². The molecule has 0 fully saturated rings. The fourth-order valence-corrected chi connectivity index (χ4v) is 0.830. The highest BCUT2D eigenvalue weighted by atomic mass is 16.2. The maximum atomic E-state index is 11.6. The molecule has 1 rings (SSSR count). The maximum absolute atomic E-state index is 11.6. The Hall–Kier alpha value is -1.45. The number of anilines is 1. The Bertz CT molecular complexity index is 341. The molecular weight excluding hydrogens is 178 g/mol. The average molecular weight is 193 g/mol. The summed E-state index contributed by atoms with van der Waals surface area (Å²) in [7, 11) is 0. The van der Waals surface area contributed by atoms with Gasteiger partial charge in [0.05, 0.1) is 0 Å². The maximum Gasteiger partial charge on any atom is 0.230 e. The quantitative estimate of drug-likeness (QED) is 0.739. The molecule has 4 nitrogen and oxygen atoms in total. The van der Waals surface area contributed by atoms with Crippen LogP contribution in [0, 0.1) is 12.3 Å². The van der Waals surface area contributed by atoms with Crippen molar-refractivity contribution in [3.05, 3.63) is 18.1 Å². The first-order valence-electron chi connectivity index (χ1n) is 4.51. The lowest BCUT2D eigenvalue weighted by Gasteiger charge is -2.16. The van der Waals surface area contributed by atoms with Crippen LogP contribution in [0.3, 0.4) is 0 Å². The number of rotatable bonds is 1. The van der Waals surface area contributed by atoms with Gasteiger partial charge in [-0.2, -0.15) is 0 Å². The summed E-state index contributed by atoms with van der Waals surface area (Å²) in [5.41, 5.74) is -0.404. The van der Waals surface area contributed by atoms with Crippen molar-refractivity contribution in [2.75, 3.05) is 5.32 Å². The van der Waals surface area contributed by atoms with Gasteiger partial charge in [0, 0.05) is 11.6 Å². The molecule has 1 amide bonds. The van der Waals surface area contributed by atoms with E-state index in [1.807, 2.05) is 20.8 Å². The second kappa shape index (κ2) is 3.74. The van der Waals surface area contributed by atoms with Crippen molar-refractivity contribution in [2.45, 2.75) is 27.7 Å². The van der Waals surface area contributed by atoms with Gasteiger partial charge in [0.1, 0.15) is 11.6 Å². The summed E-state index contributed by atoms with van der Waals surface area (Å²) in [6, 6.07) is 1.68. The Kier molecular flexibility index (Phi) is 2.84. The van der Waals surface area contributed by atoms with Crippen molar-refractivity contribution in [3.63, 3.8) is 0 Å². The van der Waals surface area contributed by atoms with Crippen molar-refractivity contribution >= 4 is 11.7 Å². The van der Waals surface area contributed by atoms with Gasteiger partial charge in [-0.05, 0) is 13.0 Å². The molecule has 0 aliphatic rings. The number of nitrogens with one attached hydrogen (secondary N) is 1. The van der Waals surface area contributed by atoms with Crippen molar-refractivity contribution in [1.82, 2.24) is 9.97 Å². The van der Waals surface area contributed by atoms with Crippen LogP contribution in [-0.4, -0.2) is 15.9 Å². The topological polar surface area (TPSA) is 54.9 Å². The predicted octanol–water partition coefficient (Wildman–Crippen LogP) is 1.77. The lowest BCUT2D eigenvalue weighted by molar-refractivity contribution is -0.123. The molecule has 76 valence electrons. The van der Waals surface area contributed by atoms with Crippen molar-refractivity contribution in [1.29, 1.82) is 0 Å². The van der Waals surface area contributed by atoms with Crippen molar-refractivity contribution in [3.8, 4) is 0 Å². The molecule has 1 N–H and O–H groups in total. The molecule has 0 atom stereocenters. The monoisotopic (exact) mass is 193 g/mol. The smallest absolute Gasteiger partial charge is 0.230 e. The Balaban J connectivity index is 2.75. The van der Waals surface area contributed by atoms with Crippen LogP contribution in [0.15, 0.2) is 12.3 Å². The summed E-state index contributed by atoms with van der Waals surface area (Å²) in [5, 5.41) is 2.73. The zero-order chi connectivity index (χ0) is 10.8. The predicted molar refractivity (Wildman–Crippen MR) is 54.9 cm³/mol. The van der Waals surface area contributed by atoms with Gasteiger partial charge in [-0.25, -0.2) is 9.97 Å². The van der Waals surface area contributed by atoms with Gasteiger partial charge in [0.25, 0.3) is 0 Å². The number of hydrogen-bond acceptors (Lipinski definition) is 3. The third-order valence-electron chi connectivity index (χ3n) is 1.70. The first-order valence-corrected chi connectivity index (χ1v) is 4.51. The van der Waals surface area contributed by atoms with Gasteiger partial charge in [0.15, 0.2) is 0 Å². The summed E-state index contributed by atoms with van der Waals surface area (Å²) >= 11 is 0. The molecule has 0 saturated carbocycles. The van der Waals surface area contributed by atoms with Gasteiger partial charge in [-0.1, -0.05) is 20.8 Å². The number of aromatic nitrogens is 2. The third-order valence-corrected chi connectivity index (χ3v) is 1.70. The minimum atomic E-state index is -0.404. The molecule has 1 aromatic heterocycles. The molecule has 1 heterocycles. The van der Waals surface area contributed by atoms with E-state index in [4.69, 9.17) is 0 Å². The van der Waals surface area contributed by atoms with Crippen LogP contribution in [0.1, 0.15) is 26.6 Å².